The average Bonchev–Trinajstić information content (AvgIpc) is 2.57. The third-order valence-electron chi connectivity index (χ3n) is 1.94. The Bertz CT molecular complexity index is 282. The van der Waals surface area contributed by atoms with E-state index in [2.05, 4.69) is 15.6 Å². The summed E-state index contributed by atoms with van der Waals surface area (Å²) in [6.07, 6.45) is 2.74. The Labute approximate surface area is 82.9 Å². The highest BCUT2D eigenvalue weighted by Gasteiger charge is 2.20. The Hall–Kier alpha value is -1.36. The largest absolute Gasteiger partial charge is 0.428 e. The van der Waals surface area contributed by atoms with E-state index in [9.17, 15) is 4.79 Å². The minimum Gasteiger partial charge on any atom is -0.428 e. The lowest BCUT2D eigenvalue weighted by molar-refractivity contribution is -0.119. The topological polar surface area (TPSA) is 67.2 Å². The van der Waals surface area contributed by atoms with Gasteiger partial charge in [-0.15, -0.1) is 0 Å². The number of nitrogens with zero attached hydrogens (tertiary/aromatic N) is 1. The van der Waals surface area contributed by atoms with Gasteiger partial charge >= 0.3 is 0 Å². The number of hydrogen-bond acceptors (Lipinski definition) is 4. The van der Waals surface area contributed by atoms with Gasteiger partial charge in [-0.05, 0) is 13.0 Å². The first-order chi connectivity index (χ1) is 6.65. The van der Waals surface area contributed by atoms with E-state index in [1.165, 1.54) is 12.6 Å². The van der Waals surface area contributed by atoms with Crippen molar-refractivity contribution < 1.29 is 9.21 Å². The number of rotatable bonds is 4. The van der Waals surface area contributed by atoms with Crippen molar-refractivity contribution in [2.75, 3.05) is 12.4 Å². The van der Waals surface area contributed by atoms with E-state index in [1.807, 2.05) is 13.8 Å². The zero-order valence-electron chi connectivity index (χ0n) is 8.57. The fraction of sp³-hybridized carbons (Fsp3) is 0.556. The summed E-state index contributed by atoms with van der Waals surface area (Å²) in [5.74, 6) is 0.484. The zero-order valence-corrected chi connectivity index (χ0v) is 8.57. The highest BCUT2D eigenvalue weighted by atomic mass is 16.4. The zero-order chi connectivity index (χ0) is 10.6. The molecule has 14 heavy (non-hydrogen) atoms. The van der Waals surface area contributed by atoms with Gasteiger partial charge in [-0.1, -0.05) is 13.8 Å². The first-order valence-electron chi connectivity index (χ1n) is 4.51. The summed E-state index contributed by atoms with van der Waals surface area (Å²) in [5, 5.41) is 5.56. The second-order valence-electron chi connectivity index (χ2n) is 3.37. The third-order valence-corrected chi connectivity index (χ3v) is 1.94. The highest BCUT2D eigenvalue weighted by molar-refractivity contribution is 5.93. The fourth-order valence-corrected chi connectivity index (χ4v) is 1.24. The molecule has 1 unspecified atom stereocenters. The van der Waals surface area contributed by atoms with Gasteiger partial charge in [0.2, 0.25) is 11.8 Å². The number of nitrogens with one attached hydrogen (secondary N) is 2. The number of likely N-dealkylation sites (N-methyl/N-ethyl adjacent to an activating group) is 1. The molecule has 0 fully saturated rings. The lowest BCUT2D eigenvalue weighted by atomic mass is 10.0. The summed E-state index contributed by atoms with van der Waals surface area (Å²) >= 11 is 0. The maximum atomic E-state index is 11.6. The predicted molar refractivity (Wildman–Crippen MR) is 52.8 cm³/mol. The molecule has 78 valence electrons. The number of oxazole rings is 1. The molecule has 5 nitrogen and oxygen atoms in total. The SMILES string of the molecule is CNC(C(=O)Nc1cnco1)C(C)C. The van der Waals surface area contributed by atoms with Crippen molar-refractivity contribution in [1.29, 1.82) is 0 Å². The summed E-state index contributed by atoms with van der Waals surface area (Å²) in [6, 6.07) is -0.222. The Morgan fingerprint density at radius 3 is 2.71 bits per heavy atom. The third kappa shape index (κ3) is 2.56. The first-order valence-corrected chi connectivity index (χ1v) is 4.51. The van der Waals surface area contributed by atoms with Gasteiger partial charge in [0.1, 0.15) is 0 Å². The number of aromatic nitrogens is 1. The van der Waals surface area contributed by atoms with Crippen LogP contribution < -0.4 is 10.6 Å². The van der Waals surface area contributed by atoms with E-state index in [0.717, 1.165) is 0 Å². The van der Waals surface area contributed by atoms with E-state index >= 15 is 0 Å². The minimum absolute atomic E-state index is 0.112. The number of carbonyl (C=O) groups excluding carboxylic acids is 1. The van der Waals surface area contributed by atoms with Crippen molar-refractivity contribution >= 4 is 11.8 Å². The molecule has 5 heteroatoms. The highest BCUT2D eigenvalue weighted by Crippen LogP contribution is 2.07. The molecular formula is C9H15N3O2. The van der Waals surface area contributed by atoms with Gasteiger partial charge in [0.25, 0.3) is 0 Å². The summed E-state index contributed by atoms with van der Waals surface area (Å²) in [4.78, 5) is 15.3. The minimum atomic E-state index is -0.222. The van der Waals surface area contributed by atoms with Gasteiger partial charge in [-0.3, -0.25) is 10.1 Å². The van der Waals surface area contributed by atoms with Crippen molar-refractivity contribution in [3.63, 3.8) is 0 Å². The Morgan fingerprint density at radius 1 is 1.57 bits per heavy atom. The van der Waals surface area contributed by atoms with E-state index in [1.54, 1.807) is 7.05 Å². The Morgan fingerprint density at radius 2 is 2.29 bits per heavy atom. The predicted octanol–water partition coefficient (Wildman–Crippen LogP) is 0.857. The molecule has 1 amide bonds. The first kappa shape index (κ1) is 10.7. The molecular weight excluding hydrogens is 182 g/mol. The van der Waals surface area contributed by atoms with Crippen LogP contribution in [-0.4, -0.2) is 24.0 Å². The number of carbonyl (C=O) groups is 1. The molecule has 1 aromatic heterocycles. The molecule has 1 aromatic rings. The van der Waals surface area contributed by atoms with Crippen LogP contribution in [0, 0.1) is 5.92 Å². The summed E-state index contributed by atoms with van der Waals surface area (Å²) < 4.78 is 4.91. The van der Waals surface area contributed by atoms with Crippen LogP contribution in [0.1, 0.15) is 13.8 Å². The van der Waals surface area contributed by atoms with Gasteiger partial charge in [-0.2, -0.15) is 0 Å². The smallest absolute Gasteiger partial charge is 0.244 e. The summed E-state index contributed by atoms with van der Waals surface area (Å²) in [5.41, 5.74) is 0. The van der Waals surface area contributed by atoms with Crippen LogP contribution in [0.2, 0.25) is 0 Å². The maximum Gasteiger partial charge on any atom is 0.244 e. The normalized spacial score (nSPS) is 12.9. The molecule has 0 bridgehead atoms. The Balaban J connectivity index is 2.56. The van der Waals surface area contributed by atoms with Crippen LogP contribution in [0.5, 0.6) is 0 Å². The Kier molecular flexibility index (Phi) is 3.64. The number of amides is 1. The number of hydrogen-bond donors (Lipinski definition) is 2. The molecule has 1 heterocycles. The van der Waals surface area contributed by atoms with Gasteiger partial charge in [0.15, 0.2) is 6.39 Å². The molecule has 0 aliphatic carbocycles. The summed E-state index contributed by atoms with van der Waals surface area (Å²) in [7, 11) is 1.75. The van der Waals surface area contributed by atoms with Crippen LogP contribution in [0.15, 0.2) is 17.0 Å². The van der Waals surface area contributed by atoms with Crippen molar-refractivity contribution in [3.8, 4) is 0 Å². The van der Waals surface area contributed by atoms with Crippen molar-refractivity contribution in [1.82, 2.24) is 10.3 Å². The molecule has 0 aromatic carbocycles. The quantitative estimate of drug-likeness (QED) is 0.751. The van der Waals surface area contributed by atoms with Crippen LogP contribution in [-0.2, 0) is 4.79 Å². The summed E-state index contributed by atoms with van der Waals surface area (Å²) in [6.45, 7) is 3.95. The second kappa shape index (κ2) is 4.76. The van der Waals surface area contributed by atoms with Gasteiger partial charge < -0.3 is 9.73 Å². The molecule has 0 radical (unpaired) electrons. The van der Waals surface area contributed by atoms with E-state index < -0.39 is 0 Å². The van der Waals surface area contributed by atoms with Crippen molar-refractivity contribution in [3.05, 3.63) is 12.6 Å². The maximum absolute atomic E-state index is 11.6. The molecule has 0 saturated carbocycles. The second-order valence-corrected chi connectivity index (χ2v) is 3.37. The number of anilines is 1. The van der Waals surface area contributed by atoms with Crippen LogP contribution in [0.4, 0.5) is 5.88 Å². The molecule has 0 aliphatic rings. The van der Waals surface area contributed by atoms with E-state index in [4.69, 9.17) is 4.42 Å². The van der Waals surface area contributed by atoms with E-state index in [0.29, 0.717) is 5.88 Å². The van der Waals surface area contributed by atoms with Crippen molar-refractivity contribution in [2.24, 2.45) is 5.92 Å². The lowest BCUT2D eigenvalue weighted by Gasteiger charge is -2.18. The van der Waals surface area contributed by atoms with Gasteiger partial charge in [0, 0.05) is 0 Å². The molecule has 0 spiro atoms. The van der Waals surface area contributed by atoms with Gasteiger partial charge in [-0.25, -0.2) is 4.98 Å². The molecule has 1 atom stereocenters. The molecule has 2 N–H and O–H groups in total. The van der Waals surface area contributed by atoms with Crippen molar-refractivity contribution in [2.45, 2.75) is 19.9 Å². The molecule has 0 saturated heterocycles. The van der Waals surface area contributed by atoms with Crippen LogP contribution in [0.25, 0.3) is 0 Å². The monoisotopic (exact) mass is 197 g/mol. The average molecular weight is 197 g/mol. The van der Waals surface area contributed by atoms with E-state index in [-0.39, 0.29) is 17.9 Å². The molecule has 1 rings (SSSR count). The molecule has 0 aliphatic heterocycles. The standard InChI is InChI=1S/C9H15N3O2/c1-6(2)8(10-3)9(13)12-7-4-11-5-14-7/h4-6,8,10H,1-3H3,(H,12,13). The van der Waals surface area contributed by atoms with Crippen LogP contribution >= 0.6 is 0 Å². The fourth-order valence-electron chi connectivity index (χ4n) is 1.24. The van der Waals surface area contributed by atoms with Crippen LogP contribution in [0.3, 0.4) is 0 Å². The van der Waals surface area contributed by atoms with Gasteiger partial charge in [0.05, 0.1) is 12.2 Å². The lowest BCUT2D eigenvalue weighted by Crippen LogP contribution is -2.42.